The highest BCUT2D eigenvalue weighted by molar-refractivity contribution is 7.92. The normalized spacial score (nSPS) is 11.5. The first kappa shape index (κ1) is 20.3. The number of ether oxygens (including phenoxy) is 1. The van der Waals surface area contributed by atoms with Gasteiger partial charge in [0.2, 0.25) is 0 Å². The zero-order valence-electron chi connectivity index (χ0n) is 15.9. The Morgan fingerprint density at radius 2 is 1.65 bits per heavy atom. The predicted octanol–water partition coefficient (Wildman–Crippen LogP) is 5.40. The van der Waals surface area contributed by atoms with Crippen LogP contribution in [0.5, 0.6) is 5.75 Å². The molecule has 0 spiro atoms. The van der Waals surface area contributed by atoms with Gasteiger partial charge in [-0.2, -0.15) is 0 Å². The lowest BCUT2D eigenvalue weighted by Gasteiger charge is -2.15. The fourth-order valence-corrected chi connectivity index (χ4v) is 3.77. The summed E-state index contributed by atoms with van der Waals surface area (Å²) in [5, 5.41) is 0. The number of para-hydroxylation sites is 2. The van der Waals surface area contributed by atoms with Gasteiger partial charge >= 0.3 is 0 Å². The Balaban J connectivity index is 2.08. The highest BCUT2D eigenvalue weighted by Crippen LogP contribution is 2.27. The van der Waals surface area contributed by atoms with Gasteiger partial charge in [-0.05, 0) is 56.5 Å². The Morgan fingerprint density at radius 1 is 0.962 bits per heavy atom. The molecule has 0 aliphatic carbocycles. The fraction of sp³-hybridized carbons (Fsp3) is 0.429. The highest BCUT2D eigenvalue weighted by atomic mass is 32.2. The quantitative estimate of drug-likeness (QED) is 0.566. The molecule has 0 amide bonds. The lowest BCUT2D eigenvalue weighted by atomic mass is 10.1. The summed E-state index contributed by atoms with van der Waals surface area (Å²) in [5.74, 6) is 0.526. The first-order valence-corrected chi connectivity index (χ1v) is 10.8. The summed E-state index contributed by atoms with van der Waals surface area (Å²) < 4.78 is 33.7. The van der Waals surface area contributed by atoms with Crippen molar-refractivity contribution in [1.29, 1.82) is 0 Å². The summed E-state index contributed by atoms with van der Waals surface area (Å²) in [6.07, 6.45) is 5.76. The Bertz CT molecular complexity index is 783. The summed E-state index contributed by atoms with van der Waals surface area (Å²) in [6.45, 7) is 6.01. The molecule has 2 rings (SSSR count). The zero-order chi connectivity index (χ0) is 19.0. The van der Waals surface area contributed by atoms with Gasteiger partial charge < -0.3 is 4.74 Å². The SMILES string of the molecule is CCCCCCc1ccc(S(=O)(=O)Nc2ccccc2OC(C)C)cc1. The lowest BCUT2D eigenvalue weighted by molar-refractivity contribution is 0.244. The molecule has 0 unspecified atom stereocenters. The summed E-state index contributed by atoms with van der Waals surface area (Å²) in [6, 6.07) is 14.2. The van der Waals surface area contributed by atoms with Crippen LogP contribution in [0.1, 0.15) is 52.0 Å². The van der Waals surface area contributed by atoms with E-state index >= 15 is 0 Å². The molecule has 2 aromatic rings. The highest BCUT2D eigenvalue weighted by Gasteiger charge is 2.16. The molecule has 4 nitrogen and oxygen atoms in total. The maximum absolute atomic E-state index is 12.7. The van der Waals surface area contributed by atoms with E-state index in [0.717, 1.165) is 12.8 Å². The maximum Gasteiger partial charge on any atom is 0.262 e. The van der Waals surface area contributed by atoms with E-state index in [2.05, 4.69) is 11.6 Å². The Morgan fingerprint density at radius 3 is 2.31 bits per heavy atom. The average Bonchev–Trinajstić information content (AvgIpc) is 2.60. The molecule has 0 bridgehead atoms. The summed E-state index contributed by atoms with van der Waals surface area (Å²) in [5.41, 5.74) is 1.62. The molecule has 0 atom stereocenters. The monoisotopic (exact) mass is 375 g/mol. The minimum Gasteiger partial charge on any atom is -0.489 e. The second-order valence-electron chi connectivity index (χ2n) is 6.72. The van der Waals surface area contributed by atoms with Gasteiger partial charge in [-0.3, -0.25) is 4.72 Å². The van der Waals surface area contributed by atoms with E-state index in [9.17, 15) is 8.42 Å². The summed E-state index contributed by atoms with van der Waals surface area (Å²) in [7, 11) is -3.65. The third-order valence-corrected chi connectivity index (χ3v) is 5.43. The van der Waals surface area contributed by atoms with Gasteiger partial charge in [-0.25, -0.2) is 8.42 Å². The summed E-state index contributed by atoms with van der Waals surface area (Å²) >= 11 is 0. The predicted molar refractivity (Wildman–Crippen MR) is 107 cm³/mol. The van der Waals surface area contributed by atoms with E-state index in [4.69, 9.17) is 4.74 Å². The van der Waals surface area contributed by atoms with Gasteiger partial charge in [0, 0.05) is 0 Å². The number of benzene rings is 2. The van der Waals surface area contributed by atoms with Crippen LogP contribution < -0.4 is 9.46 Å². The molecule has 0 aliphatic heterocycles. The van der Waals surface area contributed by atoms with E-state index in [1.54, 1.807) is 30.3 Å². The molecule has 2 aromatic carbocycles. The minimum atomic E-state index is -3.65. The third kappa shape index (κ3) is 6.06. The molecule has 0 heterocycles. The molecule has 0 saturated heterocycles. The molecule has 26 heavy (non-hydrogen) atoms. The van der Waals surface area contributed by atoms with Crippen molar-refractivity contribution >= 4 is 15.7 Å². The van der Waals surface area contributed by atoms with E-state index in [-0.39, 0.29) is 11.0 Å². The van der Waals surface area contributed by atoms with Crippen molar-refractivity contribution in [1.82, 2.24) is 0 Å². The van der Waals surface area contributed by atoms with Crippen molar-refractivity contribution < 1.29 is 13.2 Å². The van der Waals surface area contributed by atoms with Crippen LogP contribution in [-0.4, -0.2) is 14.5 Å². The molecular formula is C21H29NO3S. The fourth-order valence-electron chi connectivity index (χ4n) is 2.70. The molecule has 0 fully saturated rings. The van der Waals surface area contributed by atoms with E-state index < -0.39 is 10.0 Å². The molecule has 142 valence electrons. The smallest absolute Gasteiger partial charge is 0.262 e. The van der Waals surface area contributed by atoms with E-state index in [1.807, 2.05) is 32.0 Å². The van der Waals surface area contributed by atoms with Crippen molar-refractivity contribution in [3.8, 4) is 5.75 Å². The topological polar surface area (TPSA) is 55.4 Å². The number of anilines is 1. The van der Waals surface area contributed by atoms with E-state index in [0.29, 0.717) is 11.4 Å². The maximum atomic E-state index is 12.7. The van der Waals surface area contributed by atoms with Crippen molar-refractivity contribution in [2.45, 2.75) is 63.9 Å². The first-order chi connectivity index (χ1) is 12.4. The van der Waals surface area contributed by atoms with Crippen molar-refractivity contribution in [3.05, 3.63) is 54.1 Å². The van der Waals surface area contributed by atoms with Gasteiger partial charge in [0.15, 0.2) is 0 Å². The second kappa shape index (κ2) is 9.62. The van der Waals surface area contributed by atoms with Crippen LogP contribution >= 0.6 is 0 Å². The van der Waals surface area contributed by atoms with Crippen molar-refractivity contribution in [3.63, 3.8) is 0 Å². The Hall–Kier alpha value is -2.01. The van der Waals surface area contributed by atoms with Gasteiger partial charge in [0.1, 0.15) is 5.75 Å². The molecule has 1 N–H and O–H groups in total. The van der Waals surface area contributed by atoms with Crippen molar-refractivity contribution in [2.75, 3.05) is 4.72 Å². The first-order valence-electron chi connectivity index (χ1n) is 9.30. The van der Waals surface area contributed by atoms with Crippen LogP contribution in [0.25, 0.3) is 0 Å². The van der Waals surface area contributed by atoms with Gasteiger partial charge in [-0.1, -0.05) is 50.5 Å². The van der Waals surface area contributed by atoms with Crippen LogP contribution in [0.2, 0.25) is 0 Å². The lowest BCUT2D eigenvalue weighted by Crippen LogP contribution is -2.15. The third-order valence-electron chi connectivity index (χ3n) is 4.05. The number of sulfonamides is 1. The molecule has 0 aliphatic rings. The van der Waals surface area contributed by atoms with Crippen LogP contribution in [-0.2, 0) is 16.4 Å². The zero-order valence-corrected chi connectivity index (χ0v) is 16.7. The average molecular weight is 376 g/mol. The molecule has 5 heteroatoms. The van der Waals surface area contributed by atoms with Crippen molar-refractivity contribution in [2.24, 2.45) is 0 Å². The molecule has 0 saturated carbocycles. The standard InChI is InChI=1S/C21H29NO3S/c1-4-5-6-7-10-18-13-15-19(16-14-18)26(23,24)22-20-11-8-9-12-21(20)25-17(2)3/h8-9,11-17,22H,4-7,10H2,1-3H3. The van der Waals surface area contributed by atoms with Crippen LogP contribution in [0.3, 0.4) is 0 Å². The Labute approximate surface area is 157 Å². The van der Waals surface area contributed by atoms with Gasteiger partial charge in [0.05, 0.1) is 16.7 Å². The largest absolute Gasteiger partial charge is 0.489 e. The number of aryl methyl sites for hydroxylation is 1. The van der Waals surface area contributed by atoms with Gasteiger partial charge in [-0.15, -0.1) is 0 Å². The molecule has 0 aromatic heterocycles. The number of rotatable bonds is 10. The van der Waals surface area contributed by atoms with Crippen LogP contribution in [0.15, 0.2) is 53.4 Å². The second-order valence-corrected chi connectivity index (χ2v) is 8.41. The van der Waals surface area contributed by atoms with Crippen LogP contribution in [0.4, 0.5) is 5.69 Å². The molecular weight excluding hydrogens is 346 g/mol. The van der Waals surface area contributed by atoms with Crippen LogP contribution in [0, 0.1) is 0 Å². The van der Waals surface area contributed by atoms with Gasteiger partial charge in [0.25, 0.3) is 10.0 Å². The Kier molecular flexibility index (Phi) is 7.51. The molecule has 0 radical (unpaired) electrons. The minimum absolute atomic E-state index is 0.0346. The summed E-state index contributed by atoms with van der Waals surface area (Å²) in [4.78, 5) is 0.258. The number of unbranched alkanes of at least 4 members (excludes halogenated alkanes) is 3. The number of hydrogen-bond acceptors (Lipinski definition) is 3. The van der Waals surface area contributed by atoms with E-state index in [1.165, 1.54) is 24.8 Å². The number of nitrogens with one attached hydrogen (secondary N) is 1. The number of hydrogen-bond donors (Lipinski definition) is 1.